The van der Waals surface area contributed by atoms with Gasteiger partial charge in [-0.25, -0.2) is 9.98 Å². The van der Waals surface area contributed by atoms with Crippen molar-refractivity contribution in [2.75, 3.05) is 19.6 Å². The molecule has 26 heavy (non-hydrogen) atoms. The number of rotatable bonds is 7. The number of nitrogens with zero attached hydrogens (tertiary/aromatic N) is 5. The van der Waals surface area contributed by atoms with E-state index in [0.29, 0.717) is 12.6 Å². The summed E-state index contributed by atoms with van der Waals surface area (Å²) in [5.41, 5.74) is 1.38. The molecule has 0 amide bonds. The lowest BCUT2D eigenvalue weighted by Crippen LogP contribution is -2.44. The van der Waals surface area contributed by atoms with Crippen LogP contribution in [0, 0.1) is 0 Å². The minimum Gasteiger partial charge on any atom is -0.357 e. The van der Waals surface area contributed by atoms with Crippen molar-refractivity contribution >= 4 is 5.96 Å². The summed E-state index contributed by atoms with van der Waals surface area (Å²) in [4.78, 5) is 11.4. The molecule has 2 N–H and O–H groups in total. The Kier molecular flexibility index (Phi) is 6.60. The van der Waals surface area contributed by atoms with E-state index in [4.69, 9.17) is 0 Å². The first-order chi connectivity index (χ1) is 12.8. The van der Waals surface area contributed by atoms with Gasteiger partial charge in [0.05, 0.1) is 0 Å². The Bertz CT molecular complexity index is 695. The summed E-state index contributed by atoms with van der Waals surface area (Å²) in [6.07, 6.45) is 4.04. The molecule has 0 saturated carbocycles. The first-order valence-corrected chi connectivity index (χ1v) is 9.39. The first-order valence-electron chi connectivity index (χ1n) is 9.39. The van der Waals surface area contributed by atoms with E-state index in [2.05, 4.69) is 67.9 Å². The van der Waals surface area contributed by atoms with Gasteiger partial charge in [-0.05, 0) is 31.9 Å². The van der Waals surface area contributed by atoms with E-state index in [1.165, 1.54) is 18.4 Å². The molecule has 2 heterocycles. The molecular weight excluding hydrogens is 326 g/mol. The van der Waals surface area contributed by atoms with Crippen LogP contribution in [0.2, 0.25) is 0 Å². The van der Waals surface area contributed by atoms with Gasteiger partial charge in [-0.2, -0.15) is 5.10 Å². The minimum absolute atomic E-state index is 0.518. The third-order valence-electron chi connectivity index (χ3n) is 4.76. The number of guanidine groups is 1. The Morgan fingerprint density at radius 1 is 1.27 bits per heavy atom. The molecule has 1 saturated heterocycles. The van der Waals surface area contributed by atoms with E-state index < -0.39 is 0 Å². The second-order valence-electron chi connectivity index (χ2n) is 6.63. The molecular formula is C19H29N7. The van der Waals surface area contributed by atoms with Crippen LogP contribution in [-0.2, 0) is 20.1 Å². The van der Waals surface area contributed by atoms with Crippen LogP contribution in [0.5, 0.6) is 0 Å². The zero-order chi connectivity index (χ0) is 18.2. The van der Waals surface area contributed by atoms with E-state index >= 15 is 0 Å². The maximum Gasteiger partial charge on any atom is 0.191 e. The third-order valence-corrected chi connectivity index (χ3v) is 4.76. The molecule has 0 radical (unpaired) electrons. The molecule has 1 aliphatic heterocycles. The van der Waals surface area contributed by atoms with Crippen LogP contribution in [0.4, 0.5) is 0 Å². The number of aromatic nitrogens is 3. The monoisotopic (exact) mass is 355 g/mol. The average Bonchev–Trinajstić information content (AvgIpc) is 3.27. The highest BCUT2D eigenvalue weighted by Crippen LogP contribution is 2.19. The number of likely N-dealkylation sites (tertiary alicyclic amines) is 1. The maximum atomic E-state index is 4.64. The van der Waals surface area contributed by atoms with Crippen molar-refractivity contribution in [3.63, 3.8) is 0 Å². The number of benzene rings is 1. The number of hydrogen-bond acceptors (Lipinski definition) is 4. The van der Waals surface area contributed by atoms with Gasteiger partial charge < -0.3 is 10.6 Å². The van der Waals surface area contributed by atoms with Crippen molar-refractivity contribution in [1.29, 1.82) is 0 Å². The normalized spacial score (nSPS) is 18.2. The summed E-state index contributed by atoms with van der Waals surface area (Å²) in [7, 11) is 1.89. The minimum atomic E-state index is 0.518. The standard InChI is InChI=1S/C19H29N7/c1-3-20-19(22-13-18-23-15-24-25(18)2)21-12-17-10-7-11-26(17)14-16-8-5-4-6-9-16/h4-6,8-9,15,17H,3,7,10-14H2,1-2H3,(H2,20,21,22). The van der Waals surface area contributed by atoms with Crippen LogP contribution < -0.4 is 10.6 Å². The van der Waals surface area contributed by atoms with Crippen LogP contribution in [0.25, 0.3) is 0 Å². The van der Waals surface area contributed by atoms with Crippen molar-refractivity contribution in [2.45, 2.75) is 38.9 Å². The van der Waals surface area contributed by atoms with Gasteiger partial charge in [-0.3, -0.25) is 9.58 Å². The molecule has 1 aromatic heterocycles. The summed E-state index contributed by atoms with van der Waals surface area (Å²) >= 11 is 0. The van der Waals surface area contributed by atoms with Gasteiger partial charge in [0.15, 0.2) is 5.96 Å². The highest BCUT2D eigenvalue weighted by Gasteiger charge is 2.24. The molecule has 1 atom stereocenters. The molecule has 140 valence electrons. The molecule has 1 unspecified atom stereocenters. The number of aliphatic imine (C=N–C) groups is 1. The lowest BCUT2D eigenvalue weighted by molar-refractivity contribution is 0.245. The smallest absolute Gasteiger partial charge is 0.191 e. The molecule has 1 fully saturated rings. The zero-order valence-electron chi connectivity index (χ0n) is 15.7. The van der Waals surface area contributed by atoms with Gasteiger partial charge in [0.25, 0.3) is 0 Å². The predicted octanol–water partition coefficient (Wildman–Crippen LogP) is 1.53. The fourth-order valence-electron chi connectivity index (χ4n) is 3.32. The summed E-state index contributed by atoms with van der Waals surface area (Å²) in [6.45, 7) is 6.51. The molecule has 1 aliphatic rings. The van der Waals surface area contributed by atoms with Gasteiger partial charge in [0.1, 0.15) is 18.7 Å². The second-order valence-corrected chi connectivity index (χ2v) is 6.63. The molecule has 0 aliphatic carbocycles. The largest absolute Gasteiger partial charge is 0.357 e. The molecule has 1 aromatic carbocycles. The Balaban J connectivity index is 1.55. The Hall–Kier alpha value is -2.41. The Morgan fingerprint density at radius 3 is 2.85 bits per heavy atom. The van der Waals surface area contributed by atoms with E-state index in [9.17, 15) is 0 Å². The molecule has 2 aromatic rings. The molecule has 0 bridgehead atoms. The van der Waals surface area contributed by atoms with Crippen molar-refractivity contribution in [3.05, 3.63) is 48.0 Å². The number of hydrogen-bond donors (Lipinski definition) is 2. The van der Waals surface area contributed by atoms with Gasteiger partial charge in [0, 0.05) is 32.7 Å². The Labute approximate surface area is 155 Å². The van der Waals surface area contributed by atoms with Crippen LogP contribution in [0.15, 0.2) is 41.7 Å². The van der Waals surface area contributed by atoms with Crippen LogP contribution in [0.1, 0.15) is 31.2 Å². The Morgan fingerprint density at radius 2 is 2.12 bits per heavy atom. The summed E-state index contributed by atoms with van der Waals surface area (Å²) < 4.78 is 1.76. The number of nitrogens with one attached hydrogen (secondary N) is 2. The molecule has 0 spiro atoms. The highest BCUT2D eigenvalue weighted by atomic mass is 15.3. The van der Waals surface area contributed by atoms with Gasteiger partial charge >= 0.3 is 0 Å². The summed E-state index contributed by atoms with van der Waals surface area (Å²) in [5.74, 6) is 1.69. The van der Waals surface area contributed by atoms with Crippen LogP contribution >= 0.6 is 0 Å². The van der Waals surface area contributed by atoms with E-state index in [0.717, 1.165) is 38.0 Å². The predicted molar refractivity (Wildman–Crippen MR) is 104 cm³/mol. The van der Waals surface area contributed by atoms with Crippen LogP contribution in [0.3, 0.4) is 0 Å². The maximum absolute atomic E-state index is 4.64. The fourth-order valence-corrected chi connectivity index (χ4v) is 3.32. The molecule has 3 rings (SSSR count). The van der Waals surface area contributed by atoms with Crippen LogP contribution in [-0.4, -0.2) is 51.3 Å². The van der Waals surface area contributed by atoms with E-state index in [1.807, 2.05) is 7.05 Å². The molecule has 7 nitrogen and oxygen atoms in total. The summed E-state index contributed by atoms with van der Waals surface area (Å²) in [6, 6.07) is 11.2. The molecule has 7 heteroatoms. The van der Waals surface area contributed by atoms with Gasteiger partial charge in [-0.1, -0.05) is 30.3 Å². The van der Waals surface area contributed by atoms with Gasteiger partial charge in [-0.15, -0.1) is 0 Å². The highest BCUT2D eigenvalue weighted by molar-refractivity contribution is 5.79. The lowest BCUT2D eigenvalue weighted by atomic mass is 10.2. The van der Waals surface area contributed by atoms with E-state index in [1.54, 1.807) is 11.0 Å². The quantitative estimate of drug-likeness (QED) is 0.582. The topological polar surface area (TPSA) is 70.4 Å². The fraction of sp³-hybridized carbons (Fsp3) is 0.526. The SMILES string of the molecule is CCNC(=NCc1ncnn1C)NCC1CCCN1Cc1ccccc1. The third kappa shape index (κ3) is 5.05. The van der Waals surface area contributed by atoms with Gasteiger partial charge in [0.2, 0.25) is 0 Å². The van der Waals surface area contributed by atoms with Crippen molar-refractivity contribution in [2.24, 2.45) is 12.0 Å². The lowest BCUT2D eigenvalue weighted by Gasteiger charge is -2.25. The zero-order valence-corrected chi connectivity index (χ0v) is 15.7. The number of aryl methyl sites for hydroxylation is 1. The summed E-state index contributed by atoms with van der Waals surface area (Å²) in [5, 5.41) is 10.9. The van der Waals surface area contributed by atoms with E-state index in [-0.39, 0.29) is 0 Å². The van der Waals surface area contributed by atoms with Crippen molar-refractivity contribution in [1.82, 2.24) is 30.3 Å². The first kappa shape index (κ1) is 18.4. The van der Waals surface area contributed by atoms with Crippen molar-refractivity contribution in [3.8, 4) is 0 Å². The second kappa shape index (κ2) is 9.33. The van der Waals surface area contributed by atoms with Crippen molar-refractivity contribution < 1.29 is 0 Å². The average molecular weight is 355 g/mol.